The van der Waals surface area contributed by atoms with Crippen LogP contribution >= 0.6 is 0 Å². The first-order chi connectivity index (χ1) is 11.1. The van der Waals surface area contributed by atoms with Crippen molar-refractivity contribution in [1.29, 1.82) is 0 Å². The van der Waals surface area contributed by atoms with Crippen LogP contribution in [-0.4, -0.2) is 43.1 Å². The summed E-state index contributed by atoms with van der Waals surface area (Å²) in [7, 11) is 3.13. The van der Waals surface area contributed by atoms with Gasteiger partial charge in [0.25, 0.3) is 0 Å². The number of rotatable bonds is 4. The van der Waals surface area contributed by atoms with Crippen LogP contribution in [-0.2, 0) is 20.9 Å². The van der Waals surface area contributed by atoms with Crippen LogP contribution in [0.2, 0.25) is 0 Å². The number of carbonyl (C=O) groups is 2. The molecule has 1 aromatic carbocycles. The highest BCUT2D eigenvalue weighted by Crippen LogP contribution is 2.48. The van der Waals surface area contributed by atoms with E-state index in [1.807, 2.05) is 6.07 Å². The molecule has 3 aliphatic heterocycles. The lowest BCUT2D eigenvalue weighted by Gasteiger charge is -2.18. The maximum atomic E-state index is 12.6. The van der Waals surface area contributed by atoms with Crippen LogP contribution in [0, 0.1) is 11.8 Å². The molecule has 4 rings (SSSR count). The maximum Gasteiger partial charge on any atom is 0.236 e. The lowest BCUT2D eigenvalue weighted by atomic mass is 9.81. The molecule has 3 fully saturated rings. The SMILES string of the molecule is COc1ccc(CN2C(=O)[C@@H]3[C@H](C2=O)[C@@H]2CC[C@H]3O2)cc1OC. The van der Waals surface area contributed by atoms with E-state index in [1.54, 1.807) is 26.4 Å². The normalized spacial score (nSPS) is 31.7. The largest absolute Gasteiger partial charge is 0.493 e. The van der Waals surface area contributed by atoms with Gasteiger partial charge in [-0.05, 0) is 30.5 Å². The van der Waals surface area contributed by atoms with E-state index in [0.29, 0.717) is 11.5 Å². The lowest BCUT2D eigenvalue weighted by molar-refractivity contribution is -0.143. The van der Waals surface area contributed by atoms with Crippen molar-refractivity contribution >= 4 is 11.8 Å². The van der Waals surface area contributed by atoms with Crippen LogP contribution in [0.25, 0.3) is 0 Å². The molecule has 23 heavy (non-hydrogen) atoms. The van der Waals surface area contributed by atoms with Crippen LogP contribution in [0.15, 0.2) is 18.2 Å². The van der Waals surface area contributed by atoms with E-state index in [-0.39, 0.29) is 42.4 Å². The first kappa shape index (κ1) is 14.5. The molecule has 6 nitrogen and oxygen atoms in total. The van der Waals surface area contributed by atoms with Crippen LogP contribution in [0.5, 0.6) is 11.5 Å². The number of imide groups is 1. The standard InChI is InChI=1S/C17H19NO5/c1-21-10-4-3-9(7-13(10)22-2)8-18-16(19)14-11-5-6-12(23-11)15(14)17(18)20/h3-4,7,11-12,14-15H,5-6,8H2,1-2H3/t11-,12+,14+,15-. The van der Waals surface area contributed by atoms with E-state index in [0.717, 1.165) is 18.4 Å². The van der Waals surface area contributed by atoms with Gasteiger partial charge in [-0.25, -0.2) is 0 Å². The molecular weight excluding hydrogens is 298 g/mol. The summed E-state index contributed by atoms with van der Waals surface area (Å²) in [6.45, 7) is 0.268. The van der Waals surface area contributed by atoms with Gasteiger partial charge in [-0.3, -0.25) is 14.5 Å². The molecule has 1 aromatic rings. The van der Waals surface area contributed by atoms with Crippen molar-refractivity contribution in [2.24, 2.45) is 11.8 Å². The minimum atomic E-state index is -0.276. The Balaban J connectivity index is 1.58. The Labute approximate surface area is 134 Å². The van der Waals surface area contributed by atoms with Crippen molar-refractivity contribution in [2.75, 3.05) is 14.2 Å². The summed E-state index contributed by atoms with van der Waals surface area (Å²) in [6.07, 6.45) is 1.62. The third-order valence-electron chi connectivity index (χ3n) is 5.16. The molecule has 4 atom stereocenters. The van der Waals surface area contributed by atoms with Crippen molar-refractivity contribution in [2.45, 2.75) is 31.6 Å². The Bertz CT molecular complexity index is 645. The Hall–Kier alpha value is -2.08. The molecule has 0 saturated carbocycles. The number of hydrogen-bond donors (Lipinski definition) is 0. The predicted molar refractivity (Wildman–Crippen MR) is 80.0 cm³/mol. The molecule has 0 N–H and O–H groups in total. The summed E-state index contributed by atoms with van der Waals surface area (Å²) in [6, 6.07) is 5.44. The number of benzene rings is 1. The number of likely N-dealkylation sites (tertiary alicyclic amines) is 1. The molecule has 2 bridgehead atoms. The number of methoxy groups -OCH3 is 2. The summed E-state index contributed by atoms with van der Waals surface area (Å²) in [4.78, 5) is 26.7. The van der Waals surface area contributed by atoms with E-state index in [4.69, 9.17) is 14.2 Å². The molecular formula is C17H19NO5. The topological polar surface area (TPSA) is 65.1 Å². The van der Waals surface area contributed by atoms with Gasteiger partial charge in [-0.15, -0.1) is 0 Å². The number of nitrogens with zero attached hydrogens (tertiary/aromatic N) is 1. The minimum Gasteiger partial charge on any atom is -0.493 e. The summed E-state index contributed by atoms with van der Waals surface area (Å²) >= 11 is 0. The van der Waals surface area contributed by atoms with E-state index >= 15 is 0 Å². The molecule has 0 spiro atoms. The van der Waals surface area contributed by atoms with E-state index in [1.165, 1.54) is 4.90 Å². The van der Waals surface area contributed by atoms with Gasteiger partial charge in [0.2, 0.25) is 11.8 Å². The zero-order valence-corrected chi connectivity index (χ0v) is 13.2. The summed E-state index contributed by atoms with van der Waals surface area (Å²) in [5, 5.41) is 0. The van der Waals surface area contributed by atoms with Gasteiger partial charge in [-0.1, -0.05) is 6.07 Å². The monoisotopic (exact) mass is 317 g/mol. The van der Waals surface area contributed by atoms with E-state index in [2.05, 4.69) is 0 Å². The zero-order valence-electron chi connectivity index (χ0n) is 13.2. The number of fused-ring (bicyclic) bond motifs is 5. The highest BCUT2D eigenvalue weighted by atomic mass is 16.5. The second kappa shape index (κ2) is 5.23. The molecule has 6 heteroatoms. The van der Waals surface area contributed by atoms with E-state index < -0.39 is 0 Å². The number of hydrogen-bond acceptors (Lipinski definition) is 5. The second-order valence-corrected chi connectivity index (χ2v) is 6.29. The van der Waals surface area contributed by atoms with Crippen molar-refractivity contribution in [3.63, 3.8) is 0 Å². The van der Waals surface area contributed by atoms with Crippen LogP contribution in [0.3, 0.4) is 0 Å². The molecule has 3 heterocycles. The Morgan fingerprint density at radius 3 is 2.22 bits per heavy atom. The average Bonchev–Trinajstić information content (AvgIpc) is 3.24. The quantitative estimate of drug-likeness (QED) is 0.785. The smallest absolute Gasteiger partial charge is 0.236 e. The average molecular weight is 317 g/mol. The van der Waals surface area contributed by atoms with Crippen molar-refractivity contribution < 1.29 is 23.8 Å². The van der Waals surface area contributed by atoms with Gasteiger partial charge < -0.3 is 14.2 Å². The lowest BCUT2D eigenvalue weighted by Crippen LogP contribution is -2.33. The van der Waals surface area contributed by atoms with Gasteiger partial charge >= 0.3 is 0 Å². The molecule has 3 saturated heterocycles. The molecule has 3 aliphatic rings. The third kappa shape index (κ3) is 2.05. The highest BCUT2D eigenvalue weighted by molar-refractivity contribution is 6.06. The Morgan fingerprint density at radius 2 is 1.65 bits per heavy atom. The molecule has 0 aromatic heterocycles. The molecule has 122 valence electrons. The fraction of sp³-hybridized carbons (Fsp3) is 0.529. The Kier molecular flexibility index (Phi) is 3.30. The zero-order chi connectivity index (χ0) is 16.1. The predicted octanol–water partition coefficient (Wildman–Crippen LogP) is 1.37. The van der Waals surface area contributed by atoms with Crippen molar-refractivity contribution in [1.82, 2.24) is 4.90 Å². The third-order valence-corrected chi connectivity index (χ3v) is 5.16. The molecule has 0 unspecified atom stereocenters. The second-order valence-electron chi connectivity index (χ2n) is 6.29. The molecule has 2 amide bonds. The molecule has 0 radical (unpaired) electrons. The fourth-order valence-electron chi connectivity index (χ4n) is 4.09. The maximum absolute atomic E-state index is 12.6. The van der Waals surface area contributed by atoms with E-state index in [9.17, 15) is 9.59 Å². The Morgan fingerprint density at radius 1 is 1.04 bits per heavy atom. The van der Waals surface area contributed by atoms with Gasteiger partial charge in [0.05, 0.1) is 44.8 Å². The first-order valence-electron chi connectivity index (χ1n) is 7.85. The van der Waals surface area contributed by atoms with Gasteiger partial charge in [0, 0.05) is 0 Å². The minimum absolute atomic E-state index is 0.0724. The van der Waals surface area contributed by atoms with Crippen molar-refractivity contribution in [3.05, 3.63) is 23.8 Å². The number of carbonyl (C=O) groups excluding carboxylic acids is 2. The van der Waals surface area contributed by atoms with Gasteiger partial charge in [-0.2, -0.15) is 0 Å². The number of ether oxygens (including phenoxy) is 3. The number of amides is 2. The van der Waals surface area contributed by atoms with Crippen LogP contribution in [0.4, 0.5) is 0 Å². The summed E-state index contributed by atoms with van der Waals surface area (Å²) < 4.78 is 16.2. The van der Waals surface area contributed by atoms with Crippen LogP contribution < -0.4 is 9.47 Å². The molecule has 0 aliphatic carbocycles. The first-order valence-corrected chi connectivity index (χ1v) is 7.85. The highest BCUT2D eigenvalue weighted by Gasteiger charge is 2.62. The van der Waals surface area contributed by atoms with Gasteiger partial charge in [0.1, 0.15) is 0 Å². The van der Waals surface area contributed by atoms with Gasteiger partial charge in [0.15, 0.2) is 11.5 Å². The van der Waals surface area contributed by atoms with Crippen LogP contribution in [0.1, 0.15) is 18.4 Å². The summed E-state index contributed by atoms with van der Waals surface area (Å²) in [5.74, 6) is 0.470. The fourth-order valence-corrected chi connectivity index (χ4v) is 4.09. The van der Waals surface area contributed by atoms with Crippen molar-refractivity contribution in [3.8, 4) is 11.5 Å². The summed E-state index contributed by atoms with van der Waals surface area (Å²) in [5.41, 5.74) is 0.845.